The van der Waals surface area contributed by atoms with Crippen molar-refractivity contribution in [1.82, 2.24) is 5.32 Å². The minimum Gasteiger partial charge on any atom is -0.494 e. The number of ether oxygens (including phenoxy) is 1. The first-order valence-corrected chi connectivity index (χ1v) is 6.39. The average Bonchev–Trinajstić information content (AvgIpc) is 2.37. The Hall–Kier alpha value is -1.62. The van der Waals surface area contributed by atoms with Crippen LogP contribution in [0.5, 0.6) is 5.75 Å². The first-order valence-electron chi connectivity index (χ1n) is 5.98. The highest BCUT2D eigenvalue weighted by Gasteiger charge is 2.29. The summed E-state index contributed by atoms with van der Waals surface area (Å²) in [7, 11) is 0. The fourth-order valence-electron chi connectivity index (χ4n) is 1.83. The number of nitrogens with one attached hydrogen (secondary N) is 1. The molecule has 0 radical (unpaired) electrons. The van der Waals surface area contributed by atoms with Gasteiger partial charge in [0.25, 0.3) is 0 Å². The summed E-state index contributed by atoms with van der Waals surface area (Å²) in [6.07, 6.45) is 0. The van der Waals surface area contributed by atoms with Gasteiger partial charge < -0.3 is 10.1 Å². The largest absolute Gasteiger partial charge is 0.494 e. The maximum absolute atomic E-state index is 12.1. The first-order chi connectivity index (χ1) is 8.63. The van der Waals surface area contributed by atoms with Crippen LogP contribution in [0.4, 0.5) is 5.69 Å². The molecule has 5 heteroatoms. The predicted molar refractivity (Wildman–Crippen MR) is 74.9 cm³/mol. The molecule has 1 heterocycles. The summed E-state index contributed by atoms with van der Waals surface area (Å²) < 4.78 is 5.37. The Labute approximate surface area is 112 Å². The Morgan fingerprint density at radius 1 is 1.44 bits per heavy atom. The number of hydrogen-bond acceptors (Lipinski definition) is 3. The number of hydrogen-bond donors (Lipinski definition) is 1. The molecule has 0 aromatic heterocycles. The minimum atomic E-state index is -0.0664. The third kappa shape index (κ3) is 2.46. The molecule has 1 atom stereocenters. The van der Waals surface area contributed by atoms with Crippen LogP contribution in [-0.4, -0.2) is 24.2 Å². The molecule has 1 amide bonds. The van der Waals surface area contributed by atoms with Crippen LogP contribution in [-0.2, 0) is 4.79 Å². The zero-order valence-electron chi connectivity index (χ0n) is 10.5. The second-order valence-corrected chi connectivity index (χ2v) is 4.57. The minimum absolute atomic E-state index is 0.0305. The van der Waals surface area contributed by atoms with Crippen LogP contribution in [0.3, 0.4) is 0 Å². The third-order valence-electron chi connectivity index (χ3n) is 2.81. The second-order valence-electron chi connectivity index (χ2n) is 4.19. The third-order valence-corrected chi connectivity index (χ3v) is 3.14. The molecule has 0 aliphatic carbocycles. The van der Waals surface area contributed by atoms with Crippen molar-refractivity contribution in [3.63, 3.8) is 0 Å². The van der Waals surface area contributed by atoms with Crippen molar-refractivity contribution >= 4 is 28.9 Å². The molecule has 1 saturated heterocycles. The van der Waals surface area contributed by atoms with E-state index >= 15 is 0 Å². The average molecular weight is 264 g/mol. The van der Waals surface area contributed by atoms with E-state index < -0.39 is 0 Å². The summed E-state index contributed by atoms with van der Waals surface area (Å²) in [5.41, 5.74) is 0.771. The quantitative estimate of drug-likeness (QED) is 0.847. The highest BCUT2D eigenvalue weighted by Crippen LogP contribution is 2.23. The van der Waals surface area contributed by atoms with Crippen LogP contribution in [0.1, 0.15) is 13.8 Å². The number of carbonyl (C=O) groups excluding carboxylic acids is 1. The lowest BCUT2D eigenvalue weighted by Gasteiger charge is -2.32. The lowest BCUT2D eigenvalue weighted by Crippen LogP contribution is -2.54. The Balaban J connectivity index is 2.23. The van der Waals surface area contributed by atoms with E-state index in [1.165, 1.54) is 0 Å². The van der Waals surface area contributed by atoms with Crippen molar-refractivity contribution < 1.29 is 9.53 Å². The number of anilines is 1. The second kappa shape index (κ2) is 5.35. The number of nitrogens with zero attached hydrogens (tertiary/aromatic N) is 1. The van der Waals surface area contributed by atoms with Crippen LogP contribution >= 0.6 is 12.2 Å². The molecule has 1 fully saturated rings. The molecule has 1 aromatic rings. The van der Waals surface area contributed by atoms with E-state index in [0.717, 1.165) is 11.4 Å². The molecule has 4 nitrogen and oxygen atoms in total. The summed E-state index contributed by atoms with van der Waals surface area (Å²) in [6, 6.07) is 7.37. The van der Waals surface area contributed by atoms with Crippen molar-refractivity contribution in [3.8, 4) is 5.75 Å². The Bertz CT molecular complexity index is 459. The van der Waals surface area contributed by atoms with E-state index in [1.807, 2.05) is 38.1 Å². The maximum atomic E-state index is 12.1. The topological polar surface area (TPSA) is 41.6 Å². The summed E-state index contributed by atoms with van der Waals surface area (Å²) in [5, 5.41) is 3.52. The van der Waals surface area contributed by atoms with Crippen molar-refractivity contribution in [2.45, 2.75) is 13.8 Å². The summed E-state index contributed by atoms with van der Waals surface area (Å²) in [5.74, 6) is 0.754. The van der Waals surface area contributed by atoms with Crippen molar-refractivity contribution in [2.24, 2.45) is 5.92 Å². The molecule has 0 spiro atoms. The zero-order valence-corrected chi connectivity index (χ0v) is 11.3. The normalized spacial score (nSPS) is 19.7. The molecule has 1 aliphatic heterocycles. The van der Waals surface area contributed by atoms with Crippen molar-refractivity contribution in [3.05, 3.63) is 24.3 Å². The number of benzene rings is 1. The Morgan fingerprint density at radius 3 is 2.72 bits per heavy atom. The first kappa shape index (κ1) is 12.8. The Morgan fingerprint density at radius 2 is 2.11 bits per heavy atom. The van der Waals surface area contributed by atoms with Crippen LogP contribution in [0.2, 0.25) is 0 Å². The molecular weight excluding hydrogens is 248 g/mol. The summed E-state index contributed by atoms with van der Waals surface area (Å²) in [4.78, 5) is 13.7. The van der Waals surface area contributed by atoms with Crippen molar-refractivity contribution in [2.75, 3.05) is 18.1 Å². The van der Waals surface area contributed by atoms with Gasteiger partial charge in [-0.15, -0.1) is 0 Å². The molecular formula is C13H16N2O2S. The number of amides is 1. The fourth-order valence-corrected chi connectivity index (χ4v) is 2.11. The molecule has 1 aromatic carbocycles. The Kier molecular flexibility index (Phi) is 3.81. The predicted octanol–water partition coefficient (Wildman–Crippen LogP) is 1.94. The van der Waals surface area contributed by atoms with E-state index in [9.17, 15) is 4.79 Å². The van der Waals surface area contributed by atoms with E-state index in [-0.39, 0.29) is 11.8 Å². The standard InChI is InChI=1S/C13H16N2O2S/c1-3-17-11-6-4-10(5-7-11)15-12(16)9(2)8-14-13(15)18/h4-7,9H,3,8H2,1-2H3,(H,14,18)/t9-/m0/s1. The number of thiocarbonyl (C=S) groups is 1. The van der Waals surface area contributed by atoms with Crippen LogP contribution in [0, 0.1) is 5.92 Å². The smallest absolute Gasteiger partial charge is 0.237 e. The SMILES string of the molecule is CCOc1ccc(N2C(=O)[C@@H](C)CNC2=S)cc1. The molecule has 1 aliphatic rings. The van der Waals surface area contributed by atoms with E-state index in [4.69, 9.17) is 17.0 Å². The lowest BCUT2D eigenvalue weighted by atomic mass is 10.1. The molecule has 96 valence electrons. The highest BCUT2D eigenvalue weighted by molar-refractivity contribution is 7.80. The molecule has 2 rings (SSSR count). The molecule has 1 N–H and O–H groups in total. The maximum Gasteiger partial charge on any atom is 0.237 e. The van der Waals surface area contributed by atoms with Gasteiger partial charge in [-0.25, -0.2) is 0 Å². The van der Waals surface area contributed by atoms with Gasteiger partial charge >= 0.3 is 0 Å². The summed E-state index contributed by atoms with van der Waals surface area (Å²) in [6.45, 7) is 5.05. The van der Waals surface area contributed by atoms with Crippen LogP contribution in [0.25, 0.3) is 0 Å². The molecule has 0 unspecified atom stereocenters. The number of carbonyl (C=O) groups is 1. The van der Waals surface area contributed by atoms with Crippen LogP contribution < -0.4 is 15.0 Å². The van der Waals surface area contributed by atoms with E-state index in [0.29, 0.717) is 18.3 Å². The van der Waals surface area contributed by atoms with Gasteiger partial charge in [0.1, 0.15) is 5.75 Å². The van der Waals surface area contributed by atoms with E-state index in [2.05, 4.69) is 5.32 Å². The fraction of sp³-hybridized carbons (Fsp3) is 0.385. The van der Waals surface area contributed by atoms with Gasteiger partial charge in [0.2, 0.25) is 5.91 Å². The van der Waals surface area contributed by atoms with Crippen LogP contribution in [0.15, 0.2) is 24.3 Å². The van der Waals surface area contributed by atoms with Gasteiger partial charge in [-0.2, -0.15) is 0 Å². The molecule has 0 saturated carbocycles. The van der Waals surface area contributed by atoms with Gasteiger partial charge in [0.15, 0.2) is 5.11 Å². The summed E-state index contributed by atoms with van der Waals surface area (Å²) >= 11 is 5.19. The zero-order chi connectivity index (χ0) is 13.1. The van der Waals surface area contributed by atoms with Gasteiger partial charge in [0, 0.05) is 6.54 Å². The molecule has 18 heavy (non-hydrogen) atoms. The van der Waals surface area contributed by atoms with Crippen molar-refractivity contribution in [1.29, 1.82) is 0 Å². The van der Waals surface area contributed by atoms with Gasteiger partial charge in [-0.05, 0) is 43.4 Å². The molecule has 0 bridgehead atoms. The van der Waals surface area contributed by atoms with E-state index in [1.54, 1.807) is 4.90 Å². The van der Waals surface area contributed by atoms with Gasteiger partial charge in [0.05, 0.1) is 18.2 Å². The monoisotopic (exact) mass is 264 g/mol. The highest BCUT2D eigenvalue weighted by atomic mass is 32.1. The number of rotatable bonds is 3. The van der Waals surface area contributed by atoms with Gasteiger partial charge in [-0.1, -0.05) is 6.92 Å². The van der Waals surface area contributed by atoms with Gasteiger partial charge in [-0.3, -0.25) is 9.69 Å². The lowest BCUT2D eigenvalue weighted by molar-refractivity contribution is -0.121.